The second-order valence-corrected chi connectivity index (χ2v) is 4.55. The van der Waals surface area contributed by atoms with Crippen LogP contribution in [0.4, 0.5) is 10.2 Å². The van der Waals surface area contributed by atoms with Gasteiger partial charge in [-0.1, -0.05) is 0 Å². The number of morpholine rings is 1. The molecule has 88 valence electrons. The maximum absolute atomic E-state index is 13.7. The largest absolute Gasteiger partial charge is 0.373 e. The van der Waals surface area contributed by atoms with Crippen molar-refractivity contribution in [3.63, 3.8) is 0 Å². The van der Waals surface area contributed by atoms with Crippen molar-refractivity contribution in [3.8, 4) is 0 Å². The fourth-order valence-corrected chi connectivity index (χ4v) is 2.00. The Kier molecular flexibility index (Phi) is 3.73. The van der Waals surface area contributed by atoms with Crippen LogP contribution in [0.25, 0.3) is 0 Å². The van der Waals surface area contributed by atoms with Crippen molar-refractivity contribution in [2.24, 2.45) is 5.73 Å². The highest BCUT2D eigenvalue weighted by Gasteiger charge is 2.22. The normalized spacial score (nSPS) is 21.2. The molecule has 1 aromatic heterocycles. The lowest BCUT2D eigenvalue weighted by Crippen LogP contribution is -2.46. The zero-order valence-electron chi connectivity index (χ0n) is 8.70. The Balaban J connectivity index is 2.16. The Bertz CT molecular complexity index is 377. The third-order valence-electron chi connectivity index (χ3n) is 2.49. The first-order chi connectivity index (χ1) is 7.70. The minimum atomic E-state index is -0.327. The smallest absolute Gasteiger partial charge is 0.166 e. The van der Waals surface area contributed by atoms with E-state index in [1.165, 1.54) is 6.07 Å². The molecule has 1 atom stereocenters. The van der Waals surface area contributed by atoms with Crippen molar-refractivity contribution in [1.29, 1.82) is 0 Å². The van der Waals surface area contributed by atoms with E-state index in [0.29, 0.717) is 36.5 Å². The third-order valence-corrected chi connectivity index (χ3v) is 2.92. The predicted molar refractivity (Wildman–Crippen MR) is 62.9 cm³/mol. The number of aromatic nitrogens is 1. The van der Waals surface area contributed by atoms with E-state index in [4.69, 9.17) is 10.5 Å². The average molecular weight is 290 g/mol. The van der Waals surface area contributed by atoms with Crippen LogP contribution in [0, 0.1) is 5.82 Å². The van der Waals surface area contributed by atoms with Crippen LogP contribution in [-0.2, 0) is 4.74 Å². The molecular formula is C10H13BrFN3O. The number of nitrogens with two attached hydrogens (primary N) is 1. The van der Waals surface area contributed by atoms with Crippen LogP contribution in [0.15, 0.2) is 16.7 Å². The SMILES string of the molecule is NCC1CN(c2ncc(Br)cc2F)CCO1. The van der Waals surface area contributed by atoms with E-state index in [2.05, 4.69) is 20.9 Å². The second-order valence-electron chi connectivity index (χ2n) is 3.63. The summed E-state index contributed by atoms with van der Waals surface area (Å²) in [7, 11) is 0. The first kappa shape index (κ1) is 11.8. The monoisotopic (exact) mass is 289 g/mol. The van der Waals surface area contributed by atoms with E-state index in [-0.39, 0.29) is 11.9 Å². The molecule has 1 saturated heterocycles. The van der Waals surface area contributed by atoms with Gasteiger partial charge in [-0.05, 0) is 22.0 Å². The van der Waals surface area contributed by atoms with Gasteiger partial charge in [0.25, 0.3) is 0 Å². The maximum atomic E-state index is 13.7. The standard InChI is InChI=1S/C10H13BrFN3O/c11-7-3-9(12)10(14-5-7)15-1-2-16-8(4-13)6-15/h3,5,8H,1-2,4,6,13H2. The van der Waals surface area contributed by atoms with Gasteiger partial charge in [-0.3, -0.25) is 0 Å². The summed E-state index contributed by atoms with van der Waals surface area (Å²) in [6.45, 7) is 2.22. The van der Waals surface area contributed by atoms with E-state index < -0.39 is 0 Å². The zero-order chi connectivity index (χ0) is 11.5. The highest BCUT2D eigenvalue weighted by atomic mass is 79.9. The molecule has 0 bridgehead atoms. The molecular weight excluding hydrogens is 277 g/mol. The fraction of sp³-hybridized carbons (Fsp3) is 0.500. The van der Waals surface area contributed by atoms with Crippen LogP contribution < -0.4 is 10.6 Å². The quantitative estimate of drug-likeness (QED) is 0.887. The molecule has 6 heteroatoms. The van der Waals surface area contributed by atoms with Gasteiger partial charge in [0.15, 0.2) is 11.6 Å². The number of anilines is 1. The molecule has 0 aromatic carbocycles. The minimum Gasteiger partial charge on any atom is -0.373 e. The van der Waals surface area contributed by atoms with E-state index in [1.54, 1.807) is 6.20 Å². The number of rotatable bonds is 2. The van der Waals surface area contributed by atoms with Crippen molar-refractivity contribution in [1.82, 2.24) is 4.98 Å². The molecule has 2 heterocycles. The molecule has 2 N–H and O–H groups in total. The van der Waals surface area contributed by atoms with E-state index in [9.17, 15) is 4.39 Å². The number of pyridine rings is 1. The van der Waals surface area contributed by atoms with Crippen molar-refractivity contribution < 1.29 is 9.13 Å². The van der Waals surface area contributed by atoms with Gasteiger partial charge in [0.05, 0.1) is 12.7 Å². The molecule has 0 aliphatic carbocycles. The Morgan fingerprint density at radius 3 is 3.19 bits per heavy atom. The molecule has 0 saturated carbocycles. The summed E-state index contributed by atoms with van der Waals surface area (Å²) in [4.78, 5) is 5.94. The molecule has 0 amide bonds. The van der Waals surface area contributed by atoms with Gasteiger partial charge in [0.1, 0.15) is 0 Å². The summed E-state index contributed by atoms with van der Waals surface area (Å²) in [5.41, 5.74) is 5.53. The Labute approximate surface area is 102 Å². The molecule has 0 radical (unpaired) electrons. The second kappa shape index (κ2) is 5.07. The average Bonchev–Trinajstić information content (AvgIpc) is 2.29. The Morgan fingerprint density at radius 1 is 1.69 bits per heavy atom. The molecule has 0 spiro atoms. The number of ether oxygens (including phenoxy) is 1. The number of hydrogen-bond donors (Lipinski definition) is 1. The molecule has 1 fully saturated rings. The lowest BCUT2D eigenvalue weighted by molar-refractivity contribution is 0.0460. The van der Waals surface area contributed by atoms with Crippen LogP contribution in [0.1, 0.15) is 0 Å². The highest BCUT2D eigenvalue weighted by Crippen LogP contribution is 2.21. The van der Waals surface area contributed by atoms with E-state index >= 15 is 0 Å². The number of hydrogen-bond acceptors (Lipinski definition) is 4. The Hall–Kier alpha value is -0.720. The highest BCUT2D eigenvalue weighted by molar-refractivity contribution is 9.10. The zero-order valence-corrected chi connectivity index (χ0v) is 10.3. The summed E-state index contributed by atoms with van der Waals surface area (Å²) in [6, 6.07) is 1.41. The molecule has 4 nitrogen and oxygen atoms in total. The van der Waals surface area contributed by atoms with Crippen LogP contribution in [-0.4, -0.2) is 37.3 Å². The van der Waals surface area contributed by atoms with Gasteiger partial charge < -0.3 is 15.4 Å². The summed E-state index contributed by atoms with van der Waals surface area (Å²) >= 11 is 3.18. The third kappa shape index (κ3) is 2.50. The van der Waals surface area contributed by atoms with Gasteiger partial charge in [0.2, 0.25) is 0 Å². The van der Waals surface area contributed by atoms with E-state index in [1.807, 2.05) is 4.90 Å². The number of halogens is 2. The van der Waals surface area contributed by atoms with E-state index in [0.717, 1.165) is 0 Å². The molecule has 16 heavy (non-hydrogen) atoms. The lowest BCUT2D eigenvalue weighted by Gasteiger charge is -2.33. The van der Waals surface area contributed by atoms with Crippen molar-refractivity contribution >= 4 is 21.7 Å². The lowest BCUT2D eigenvalue weighted by atomic mass is 10.2. The maximum Gasteiger partial charge on any atom is 0.166 e. The summed E-state index contributed by atoms with van der Waals surface area (Å²) < 4.78 is 19.7. The molecule has 1 aromatic rings. The van der Waals surface area contributed by atoms with Gasteiger partial charge in [0, 0.05) is 30.3 Å². The van der Waals surface area contributed by atoms with Crippen molar-refractivity contribution in [2.75, 3.05) is 31.1 Å². The van der Waals surface area contributed by atoms with Gasteiger partial charge in [-0.2, -0.15) is 0 Å². The van der Waals surface area contributed by atoms with Crippen LogP contribution in [0.2, 0.25) is 0 Å². The summed E-state index contributed by atoms with van der Waals surface area (Å²) in [6.07, 6.45) is 1.55. The van der Waals surface area contributed by atoms with Crippen LogP contribution in [0.3, 0.4) is 0 Å². The minimum absolute atomic E-state index is 0.0430. The topological polar surface area (TPSA) is 51.4 Å². The van der Waals surface area contributed by atoms with Gasteiger partial charge in [-0.15, -0.1) is 0 Å². The molecule has 1 unspecified atom stereocenters. The van der Waals surface area contributed by atoms with Crippen LogP contribution >= 0.6 is 15.9 Å². The number of nitrogens with zero attached hydrogens (tertiary/aromatic N) is 2. The van der Waals surface area contributed by atoms with Gasteiger partial charge >= 0.3 is 0 Å². The summed E-state index contributed by atoms with van der Waals surface area (Å²) in [5.74, 6) is 0.0389. The van der Waals surface area contributed by atoms with Crippen molar-refractivity contribution in [2.45, 2.75) is 6.10 Å². The Morgan fingerprint density at radius 2 is 2.50 bits per heavy atom. The first-order valence-electron chi connectivity index (χ1n) is 5.08. The van der Waals surface area contributed by atoms with Crippen molar-refractivity contribution in [3.05, 3.63) is 22.6 Å². The molecule has 2 rings (SSSR count). The van der Waals surface area contributed by atoms with Crippen LogP contribution in [0.5, 0.6) is 0 Å². The fourth-order valence-electron chi connectivity index (χ4n) is 1.69. The molecule has 1 aliphatic rings. The first-order valence-corrected chi connectivity index (χ1v) is 5.87. The predicted octanol–water partition coefficient (Wildman–Crippen LogP) is 1.15. The van der Waals surface area contributed by atoms with Gasteiger partial charge in [-0.25, -0.2) is 9.37 Å². The molecule has 1 aliphatic heterocycles. The summed E-state index contributed by atoms with van der Waals surface area (Å²) in [5, 5.41) is 0.